The Morgan fingerprint density at radius 1 is 1.26 bits per heavy atom. The zero-order valence-electron chi connectivity index (χ0n) is 19.3. The molecule has 1 saturated heterocycles. The van der Waals surface area contributed by atoms with Crippen LogP contribution in [0.3, 0.4) is 0 Å². The van der Waals surface area contributed by atoms with Crippen molar-refractivity contribution in [2.75, 3.05) is 73.4 Å². The number of amides is 1. The van der Waals surface area contributed by atoms with Crippen molar-refractivity contribution < 1.29 is 28.8 Å². The fourth-order valence-electron chi connectivity index (χ4n) is 3.49. The monoisotopic (exact) mass is 438 g/mol. The summed E-state index contributed by atoms with van der Waals surface area (Å²) in [5, 5.41) is 10.3. The number of carbonyl (C=O) groups excluding carboxylic acids is 1. The lowest BCUT2D eigenvalue weighted by Crippen LogP contribution is -2.51. The molecule has 2 rings (SSSR count). The second-order valence-corrected chi connectivity index (χ2v) is 8.31. The molecule has 1 aromatic rings. The highest BCUT2D eigenvalue weighted by Crippen LogP contribution is 2.15. The first-order valence-electron chi connectivity index (χ1n) is 10.9. The Balaban J connectivity index is 1.91. The SMILES string of the molecule is COCCN(CC1CN(CC(O)COCC(C)C)CCO1)C(=O)c1ccc(OC)cc1. The first-order chi connectivity index (χ1) is 14.9. The van der Waals surface area contributed by atoms with Gasteiger partial charge >= 0.3 is 0 Å². The van der Waals surface area contributed by atoms with Crippen LogP contribution < -0.4 is 4.74 Å². The van der Waals surface area contributed by atoms with Crippen LogP contribution in [0.25, 0.3) is 0 Å². The molecule has 0 radical (unpaired) electrons. The van der Waals surface area contributed by atoms with Crippen molar-refractivity contribution in [1.82, 2.24) is 9.80 Å². The predicted octanol–water partition coefficient (Wildman–Crippen LogP) is 1.52. The van der Waals surface area contributed by atoms with E-state index in [2.05, 4.69) is 18.7 Å². The molecule has 1 aromatic carbocycles. The van der Waals surface area contributed by atoms with Crippen molar-refractivity contribution in [3.63, 3.8) is 0 Å². The Morgan fingerprint density at radius 2 is 2.00 bits per heavy atom. The number of rotatable bonds is 13. The zero-order valence-corrected chi connectivity index (χ0v) is 19.3. The molecule has 0 aliphatic carbocycles. The average molecular weight is 439 g/mol. The lowest BCUT2D eigenvalue weighted by atomic mass is 10.1. The van der Waals surface area contributed by atoms with Crippen molar-refractivity contribution in [2.45, 2.75) is 26.1 Å². The number of carbonyl (C=O) groups is 1. The van der Waals surface area contributed by atoms with Crippen LogP contribution in [0.1, 0.15) is 24.2 Å². The number of benzene rings is 1. The van der Waals surface area contributed by atoms with Crippen LogP contribution >= 0.6 is 0 Å². The number of aliphatic hydroxyl groups excluding tert-OH is 1. The van der Waals surface area contributed by atoms with E-state index in [0.29, 0.717) is 69.8 Å². The van der Waals surface area contributed by atoms with E-state index in [-0.39, 0.29) is 12.0 Å². The molecule has 1 aliphatic heterocycles. The van der Waals surface area contributed by atoms with Crippen LogP contribution in [0.5, 0.6) is 5.75 Å². The molecule has 1 fully saturated rings. The molecule has 0 bridgehead atoms. The number of β-amino-alcohol motifs (C(OH)–C–C–N with tert-alkyl or cyclic N) is 1. The van der Waals surface area contributed by atoms with Crippen LogP contribution in [0.2, 0.25) is 0 Å². The van der Waals surface area contributed by atoms with Crippen LogP contribution in [0.15, 0.2) is 24.3 Å². The lowest BCUT2D eigenvalue weighted by molar-refractivity contribution is -0.0605. The summed E-state index contributed by atoms with van der Waals surface area (Å²) in [5.74, 6) is 1.09. The molecule has 1 N–H and O–H groups in total. The summed E-state index contributed by atoms with van der Waals surface area (Å²) in [4.78, 5) is 17.0. The maximum atomic E-state index is 13.1. The molecule has 0 aromatic heterocycles. The van der Waals surface area contributed by atoms with Crippen molar-refractivity contribution >= 4 is 5.91 Å². The lowest BCUT2D eigenvalue weighted by Gasteiger charge is -2.36. The molecule has 31 heavy (non-hydrogen) atoms. The molecule has 1 aliphatic rings. The van der Waals surface area contributed by atoms with E-state index in [4.69, 9.17) is 18.9 Å². The third-order valence-electron chi connectivity index (χ3n) is 5.07. The number of morpholine rings is 1. The summed E-state index contributed by atoms with van der Waals surface area (Å²) in [7, 11) is 3.22. The zero-order chi connectivity index (χ0) is 22.6. The summed E-state index contributed by atoms with van der Waals surface area (Å²) >= 11 is 0. The van der Waals surface area contributed by atoms with Crippen LogP contribution in [0, 0.1) is 5.92 Å². The van der Waals surface area contributed by atoms with Crippen LogP contribution in [-0.2, 0) is 14.2 Å². The maximum absolute atomic E-state index is 13.1. The van der Waals surface area contributed by atoms with Gasteiger partial charge in [0.05, 0.1) is 39.1 Å². The normalized spacial score (nSPS) is 18.2. The fraction of sp³-hybridized carbons (Fsp3) is 0.696. The quantitative estimate of drug-likeness (QED) is 0.500. The standard InChI is InChI=1S/C23H38N2O6/c1-18(2)16-30-17-20(26)13-24-9-12-31-22(14-24)15-25(10-11-28-3)23(27)19-5-7-21(29-4)8-6-19/h5-8,18,20,22,26H,9-17H2,1-4H3. The largest absolute Gasteiger partial charge is 0.497 e. The van der Waals surface area contributed by atoms with Gasteiger partial charge in [-0.15, -0.1) is 0 Å². The van der Waals surface area contributed by atoms with E-state index in [1.54, 1.807) is 43.4 Å². The highest BCUT2D eigenvalue weighted by atomic mass is 16.5. The maximum Gasteiger partial charge on any atom is 0.254 e. The molecule has 176 valence electrons. The third-order valence-corrected chi connectivity index (χ3v) is 5.07. The number of ether oxygens (including phenoxy) is 4. The second kappa shape index (κ2) is 13.6. The molecular weight excluding hydrogens is 400 g/mol. The fourth-order valence-corrected chi connectivity index (χ4v) is 3.49. The van der Waals surface area contributed by atoms with Crippen molar-refractivity contribution in [2.24, 2.45) is 5.92 Å². The molecule has 1 heterocycles. The number of nitrogens with zero attached hydrogens (tertiary/aromatic N) is 2. The Kier molecular flexibility index (Phi) is 11.2. The highest BCUT2D eigenvalue weighted by Gasteiger charge is 2.26. The molecule has 0 saturated carbocycles. The van der Waals surface area contributed by atoms with Crippen molar-refractivity contribution in [1.29, 1.82) is 0 Å². The number of hydrogen-bond donors (Lipinski definition) is 1. The summed E-state index contributed by atoms with van der Waals surface area (Å²) in [5.41, 5.74) is 0.599. The van der Waals surface area contributed by atoms with Gasteiger partial charge < -0.3 is 29.0 Å². The molecule has 0 spiro atoms. The van der Waals surface area contributed by atoms with Crippen LogP contribution in [-0.4, -0.2) is 106 Å². The Labute approximate surface area is 186 Å². The van der Waals surface area contributed by atoms with Gasteiger partial charge in [0.15, 0.2) is 0 Å². The van der Waals surface area contributed by atoms with Gasteiger partial charge in [-0.05, 0) is 30.2 Å². The molecule has 2 atom stereocenters. The summed E-state index contributed by atoms with van der Waals surface area (Å²) < 4.78 is 21.8. The smallest absolute Gasteiger partial charge is 0.254 e. The number of aliphatic hydroxyl groups is 1. The van der Waals surface area contributed by atoms with E-state index < -0.39 is 6.10 Å². The molecular formula is C23H38N2O6. The third kappa shape index (κ3) is 9.13. The van der Waals surface area contributed by atoms with E-state index in [0.717, 1.165) is 6.54 Å². The average Bonchev–Trinajstić information content (AvgIpc) is 2.76. The number of hydrogen-bond acceptors (Lipinski definition) is 7. The second-order valence-electron chi connectivity index (χ2n) is 8.31. The molecule has 8 heteroatoms. The highest BCUT2D eigenvalue weighted by molar-refractivity contribution is 5.94. The van der Waals surface area contributed by atoms with Gasteiger partial charge in [-0.3, -0.25) is 9.69 Å². The molecule has 8 nitrogen and oxygen atoms in total. The van der Waals surface area contributed by atoms with Gasteiger partial charge in [-0.25, -0.2) is 0 Å². The Bertz CT molecular complexity index is 639. The minimum Gasteiger partial charge on any atom is -0.497 e. The summed E-state index contributed by atoms with van der Waals surface area (Å²) in [6, 6.07) is 7.09. The molecule has 2 unspecified atom stereocenters. The van der Waals surface area contributed by atoms with Gasteiger partial charge in [0.1, 0.15) is 5.75 Å². The Morgan fingerprint density at radius 3 is 2.65 bits per heavy atom. The van der Waals surface area contributed by atoms with E-state index in [1.165, 1.54) is 0 Å². The summed E-state index contributed by atoms with van der Waals surface area (Å²) in [6.07, 6.45) is -0.667. The minimum absolute atomic E-state index is 0.0671. The van der Waals surface area contributed by atoms with Gasteiger partial charge in [-0.2, -0.15) is 0 Å². The van der Waals surface area contributed by atoms with Gasteiger partial charge in [0.25, 0.3) is 5.91 Å². The van der Waals surface area contributed by atoms with Gasteiger partial charge in [0, 0.05) is 52.0 Å². The first kappa shape index (κ1) is 25.5. The number of methoxy groups -OCH3 is 2. The topological polar surface area (TPSA) is 80.7 Å². The van der Waals surface area contributed by atoms with Gasteiger partial charge in [0.2, 0.25) is 0 Å². The summed E-state index contributed by atoms with van der Waals surface area (Å²) in [6.45, 7) is 9.04. The van der Waals surface area contributed by atoms with Crippen molar-refractivity contribution in [3.05, 3.63) is 29.8 Å². The van der Waals surface area contributed by atoms with Gasteiger partial charge in [-0.1, -0.05) is 13.8 Å². The van der Waals surface area contributed by atoms with Crippen LogP contribution in [0.4, 0.5) is 0 Å². The molecule has 1 amide bonds. The van der Waals surface area contributed by atoms with E-state index in [9.17, 15) is 9.90 Å². The predicted molar refractivity (Wildman–Crippen MR) is 119 cm³/mol. The Hall–Kier alpha value is -1.71. The minimum atomic E-state index is -0.539. The van der Waals surface area contributed by atoms with Crippen molar-refractivity contribution in [3.8, 4) is 5.75 Å². The first-order valence-corrected chi connectivity index (χ1v) is 10.9. The van der Waals surface area contributed by atoms with E-state index >= 15 is 0 Å². The van der Waals surface area contributed by atoms with E-state index in [1.807, 2.05) is 0 Å².